The lowest BCUT2D eigenvalue weighted by atomic mass is 9.88. The number of ether oxygens (including phenoxy) is 1. The van der Waals surface area contributed by atoms with E-state index >= 15 is 0 Å². The molecular weight excluding hydrogens is 794 g/mol. The summed E-state index contributed by atoms with van der Waals surface area (Å²) >= 11 is 6.31. The van der Waals surface area contributed by atoms with Crippen LogP contribution in [-0.2, 0) is 14.4 Å². The van der Waals surface area contributed by atoms with Gasteiger partial charge in [0.1, 0.15) is 24.1 Å². The normalized spacial score (nSPS) is 17.2. The van der Waals surface area contributed by atoms with Crippen molar-refractivity contribution in [2.75, 3.05) is 57.1 Å². The molecular formula is C48H52ClN5O7. The lowest BCUT2D eigenvalue weighted by Gasteiger charge is -2.34. The number of benzene rings is 4. The fourth-order valence-electron chi connectivity index (χ4n) is 8.32. The Bertz CT molecular complexity index is 2240. The average Bonchev–Trinajstić information content (AvgIpc) is 3.53. The lowest BCUT2D eigenvalue weighted by molar-refractivity contribution is -0.136. The third-order valence-electron chi connectivity index (χ3n) is 11.6. The van der Waals surface area contributed by atoms with Gasteiger partial charge in [0, 0.05) is 63.7 Å². The number of rotatable bonds is 18. The fourth-order valence-corrected chi connectivity index (χ4v) is 8.51. The molecule has 318 valence electrons. The number of amides is 5. The summed E-state index contributed by atoms with van der Waals surface area (Å²) in [5, 5.41) is 15.5. The van der Waals surface area contributed by atoms with Crippen LogP contribution in [0.1, 0.15) is 88.8 Å². The highest BCUT2D eigenvalue weighted by atomic mass is 35.5. The maximum atomic E-state index is 13.3. The largest absolute Gasteiger partial charge is 0.508 e. The Hall–Kier alpha value is -5.98. The molecule has 3 aliphatic heterocycles. The van der Waals surface area contributed by atoms with E-state index in [9.17, 15) is 29.1 Å². The number of piperidine rings is 1. The summed E-state index contributed by atoms with van der Waals surface area (Å²) in [4.78, 5) is 68.7. The van der Waals surface area contributed by atoms with E-state index in [0.29, 0.717) is 50.7 Å². The van der Waals surface area contributed by atoms with Crippen LogP contribution in [0.4, 0.5) is 5.69 Å². The van der Waals surface area contributed by atoms with Crippen LogP contribution < -0.4 is 15.4 Å². The molecule has 13 heteroatoms. The molecule has 3 heterocycles. The topological polar surface area (TPSA) is 149 Å². The molecule has 3 aliphatic rings. The van der Waals surface area contributed by atoms with E-state index < -0.39 is 29.7 Å². The quantitative estimate of drug-likeness (QED) is 0.0418. The first-order valence-corrected chi connectivity index (χ1v) is 21.7. The minimum Gasteiger partial charge on any atom is -0.508 e. The lowest BCUT2D eigenvalue weighted by Crippen LogP contribution is -2.54. The fraction of sp³-hybridized carbons (Fsp3) is 0.354. The first-order chi connectivity index (χ1) is 29.7. The molecule has 12 nitrogen and oxygen atoms in total. The second-order valence-corrected chi connectivity index (χ2v) is 15.9. The number of imide groups is 2. The molecule has 0 radical (unpaired) electrons. The van der Waals surface area contributed by atoms with E-state index in [1.807, 2.05) is 47.4 Å². The van der Waals surface area contributed by atoms with Gasteiger partial charge in [-0.3, -0.25) is 39.1 Å². The number of phenolic OH excluding ortho intramolecular Hbond substituents is 1. The standard InChI is InChI=1S/C48H52ClN5O7/c49-25-24-38(33-9-4-3-5-10-33)44(34-14-18-36(55)19-15-34)35-16-20-37(21-17-35)61-32-31-52-27-29-53(30-28-52)43(57)13-6-1-2-7-26-50-40-12-8-11-39-45(40)48(60)54(47(39)59)41-22-23-42(56)51-46(41)58/h3-5,8-12,14-21,41,50,55H,1-2,6-7,13,22-32H2,(H,51,56,58). The molecule has 5 amide bonds. The van der Waals surface area contributed by atoms with Gasteiger partial charge in [0.15, 0.2) is 0 Å². The van der Waals surface area contributed by atoms with E-state index in [4.69, 9.17) is 16.3 Å². The zero-order chi connectivity index (χ0) is 42.7. The highest BCUT2D eigenvalue weighted by Gasteiger charge is 2.45. The molecule has 1 atom stereocenters. The molecule has 2 saturated heterocycles. The number of unbranched alkanes of at least 4 members (excludes halogenated alkanes) is 3. The summed E-state index contributed by atoms with van der Waals surface area (Å²) in [5.41, 5.74) is 6.39. The zero-order valence-electron chi connectivity index (χ0n) is 34.2. The van der Waals surface area contributed by atoms with Gasteiger partial charge in [-0.2, -0.15) is 0 Å². The van der Waals surface area contributed by atoms with Gasteiger partial charge in [-0.25, -0.2) is 0 Å². The van der Waals surface area contributed by atoms with E-state index in [-0.39, 0.29) is 35.6 Å². The molecule has 3 N–H and O–H groups in total. The monoisotopic (exact) mass is 845 g/mol. The van der Waals surface area contributed by atoms with Crippen molar-refractivity contribution in [3.05, 3.63) is 125 Å². The van der Waals surface area contributed by atoms with Crippen molar-refractivity contribution in [2.45, 2.75) is 57.4 Å². The van der Waals surface area contributed by atoms with E-state index in [1.165, 1.54) is 0 Å². The van der Waals surface area contributed by atoms with Crippen LogP contribution in [0, 0.1) is 0 Å². The second kappa shape index (κ2) is 20.5. The van der Waals surface area contributed by atoms with Crippen LogP contribution >= 0.6 is 11.6 Å². The molecule has 0 aromatic heterocycles. The van der Waals surface area contributed by atoms with Gasteiger partial charge in [-0.15, -0.1) is 11.6 Å². The number of carbonyl (C=O) groups excluding carboxylic acids is 5. The van der Waals surface area contributed by atoms with Gasteiger partial charge in [0.2, 0.25) is 17.7 Å². The Labute approximate surface area is 361 Å². The molecule has 4 aromatic rings. The summed E-state index contributed by atoms with van der Waals surface area (Å²) in [6.07, 6.45) is 4.80. The molecule has 0 spiro atoms. The number of piperazine rings is 1. The third-order valence-corrected chi connectivity index (χ3v) is 11.8. The van der Waals surface area contributed by atoms with Gasteiger partial charge in [0.25, 0.3) is 11.8 Å². The number of anilines is 1. The van der Waals surface area contributed by atoms with Gasteiger partial charge in [0.05, 0.1) is 11.1 Å². The highest BCUT2D eigenvalue weighted by Crippen LogP contribution is 2.36. The predicted octanol–water partition coefficient (Wildman–Crippen LogP) is 6.97. The molecule has 0 bridgehead atoms. The van der Waals surface area contributed by atoms with Crippen molar-refractivity contribution in [1.82, 2.24) is 20.0 Å². The number of carbonyl (C=O) groups is 5. The Morgan fingerprint density at radius 2 is 1.48 bits per heavy atom. The summed E-state index contributed by atoms with van der Waals surface area (Å²) in [5.74, 6) is -0.435. The van der Waals surface area contributed by atoms with E-state index in [1.54, 1.807) is 30.3 Å². The Kier molecular flexibility index (Phi) is 14.5. The predicted molar refractivity (Wildman–Crippen MR) is 235 cm³/mol. The Morgan fingerprint density at radius 1 is 0.770 bits per heavy atom. The van der Waals surface area contributed by atoms with Gasteiger partial charge < -0.3 is 20.1 Å². The molecule has 61 heavy (non-hydrogen) atoms. The van der Waals surface area contributed by atoms with Crippen molar-refractivity contribution >= 4 is 58.0 Å². The number of halogens is 1. The minimum absolute atomic E-state index is 0.0733. The average molecular weight is 846 g/mol. The van der Waals surface area contributed by atoms with Crippen LogP contribution in [0.15, 0.2) is 97.1 Å². The summed E-state index contributed by atoms with van der Waals surface area (Å²) < 4.78 is 6.16. The van der Waals surface area contributed by atoms with Crippen molar-refractivity contribution in [1.29, 1.82) is 0 Å². The van der Waals surface area contributed by atoms with Crippen LogP contribution in [0.2, 0.25) is 0 Å². The number of nitrogens with one attached hydrogen (secondary N) is 2. The maximum absolute atomic E-state index is 13.3. The van der Waals surface area contributed by atoms with Crippen molar-refractivity contribution in [3.8, 4) is 11.5 Å². The summed E-state index contributed by atoms with van der Waals surface area (Å²) in [6.45, 7) is 4.87. The smallest absolute Gasteiger partial charge is 0.264 e. The molecule has 2 fully saturated rings. The van der Waals surface area contributed by atoms with Gasteiger partial charge >= 0.3 is 0 Å². The number of allylic oxidation sites excluding steroid dienone is 1. The maximum Gasteiger partial charge on any atom is 0.264 e. The van der Waals surface area contributed by atoms with Crippen molar-refractivity contribution in [2.24, 2.45) is 0 Å². The Morgan fingerprint density at radius 3 is 2.18 bits per heavy atom. The Balaban J connectivity index is 0.804. The number of fused-ring (bicyclic) bond motifs is 1. The summed E-state index contributed by atoms with van der Waals surface area (Å²) in [6, 6.07) is 29.7. The molecule has 0 aliphatic carbocycles. The number of hydrogen-bond donors (Lipinski definition) is 3. The number of phenols is 1. The van der Waals surface area contributed by atoms with Crippen molar-refractivity contribution in [3.63, 3.8) is 0 Å². The van der Waals surface area contributed by atoms with Crippen LogP contribution in [0.3, 0.4) is 0 Å². The molecule has 1 unspecified atom stereocenters. The first kappa shape index (κ1) is 43.1. The van der Waals surface area contributed by atoms with E-state index in [0.717, 1.165) is 83.8 Å². The van der Waals surface area contributed by atoms with Crippen LogP contribution in [-0.4, -0.2) is 107 Å². The number of alkyl halides is 1. The SMILES string of the molecule is O=C1CCC(N2C(=O)c3cccc(NCCCCCCC(=O)N4CCN(CCOc5ccc(C(=C(CCCl)c6ccccc6)c6ccc(O)cc6)cc5)CC4)c3C2=O)C(=O)N1. The van der Waals surface area contributed by atoms with E-state index in [2.05, 4.69) is 39.8 Å². The first-order valence-electron chi connectivity index (χ1n) is 21.2. The van der Waals surface area contributed by atoms with Gasteiger partial charge in [-0.05, 0) is 89.9 Å². The van der Waals surface area contributed by atoms with Crippen LogP contribution in [0.5, 0.6) is 11.5 Å². The zero-order valence-corrected chi connectivity index (χ0v) is 35.0. The molecule has 4 aromatic carbocycles. The summed E-state index contributed by atoms with van der Waals surface area (Å²) in [7, 11) is 0. The third kappa shape index (κ3) is 10.5. The van der Waals surface area contributed by atoms with Gasteiger partial charge in [-0.1, -0.05) is 73.5 Å². The number of hydrogen-bond acceptors (Lipinski definition) is 9. The number of aromatic hydroxyl groups is 1. The highest BCUT2D eigenvalue weighted by molar-refractivity contribution is 6.25. The number of nitrogens with zero attached hydrogens (tertiary/aromatic N) is 3. The van der Waals surface area contributed by atoms with Crippen LogP contribution in [0.25, 0.3) is 11.1 Å². The van der Waals surface area contributed by atoms with Crippen molar-refractivity contribution < 1.29 is 33.8 Å². The minimum atomic E-state index is -1.00. The second-order valence-electron chi connectivity index (χ2n) is 15.6. The molecule has 0 saturated carbocycles. The molecule has 7 rings (SSSR count).